The minimum absolute atomic E-state index is 0.163. The van der Waals surface area contributed by atoms with Gasteiger partial charge in [0.25, 0.3) is 0 Å². The number of piperidine rings is 1. The van der Waals surface area contributed by atoms with Crippen LogP contribution in [0.15, 0.2) is 30.9 Å². The van der Waals surface area contributed by atoms with Gasteiger partial charge in [0, 0.05) is 44.8 Å². The third-order valence-electron chi connectivity index (χ3n) is 4.57. The van der Waals surface area contributed by atoms with Crippen LogP contribution in [0.4, 0.5) is 0 Å². The van der Waals surface area contributed by atoms with Crippen molar-refractivity contribution in [1.82, 2.24) is 29.8 Å². The van der Waals surface area contributed by atoms with Gasteiger partial charge in [0.2, 0.25) is 0 Å². The van der Waals surface area contributed by atoms with E-state index in [1.807, 2.05) is 38.6 Å². The Balaban J connectivity index is 1.47. The topological polar surface area (TPSA) is 85.1 Å². The van der Waals surface area contributed by atoms with Crippen LogP contribution in [0.25, 0.3) is 0 Å². The molecule has 1 atom stereocenters. The van der Waals surface area contributed by atoms with E-state index in [0.29, 0.717) is 25.6 Å². The standard InChI is InChI=1S/C17H24N6O2/c1-13(11-23-7-3-6-18-23)20-16(24)17(25)22-8-4-14(5-9-22)15-10-19-21(2)12-15/h3,6-7,10,12-14H,4-5,8-9,11H2,1-2H3,(H,20,24). The van der Waals surface area contributed by atoms with Gasteiger partial charge in [-0.15, -0.1) is 0 Å². The van der Waals surface area contributed by atoms with Gasteiger partial charge in [-0.05, 0) is 37.3 Å². The van der Waals surface area contributed by atoms with Gasteiger partial charge in [0.15, 0.2) is 0 Å². The number of amides is 2. The number of nitrogens with zero attached hydrogens (tertiary/aromatic N) is 5. The molecule has 1 aliphatic heterocycles. The van der Waals surface area contributed by atoms with Crippen LogP contribution in [0.5, 0.6) is 0 Å². The van der Waals surface area contributed by atoms with Crippen molar-refractivity contribution < 1.29 is 9.59 Å². The smallest absolute Gasteiger partial charge is 0.311 e. The summed E-state index contributed by atoms with van der Waals surface area (Å²) in [7, 11) is 1.90. The Kier molecular flexibility index (Phi) is 5.16. The molecule has 2 aromatic heterocycles. The lowest BCUT2D eigenvalue weighted by atomic mass is 9.91. The van der Waals surface area contributed by atoms with Gasteiger partial charge in [-0.1, -0.05) is 0 Å². The molecule has 2 amide bonds. The molecule has 2 aromatic rings. The number of aryl methyl sites for hydroxylation is 1. The highest BCUT2D eigenvalue weighted by Crippen LogP contribution is 2.27. The Bertz CT molecular complexity index is 715. The lowest BCUT2D eigenvalue weighted by Gasteiger charge is -2.31. The van der Waals surface area contributed by atoms with E-state index in [0.717, 1.165) is 12.8 Å². The Morgan fingerprint density at radius 2 is 2.08 bits per heavy atom. The van der Waals surface area contributed by atoms with Crippen LogP contribution in [0.1, 0.15) is 31.2 Å². The molecule has 3 heterocycles. The zero-order chi connectivity index (χ0) is 17.8. The third-order valence-corrected chi connectivity index (χ3v) is 4.57. The molecule has 0 radical (unpaired) electrons. The highest BCUT2D eigenvalue weighted by atomic mass is 16.2. The molecule has 1 unspecified atom stereocenters. The molecule has 134 valence electrons. The van der Waals surface area contributed by atoms with Crippen molar-refractivity contribution in [3.8, 4) is 0 Å². The van der Waals surface area contributed by atoms with E-state index in [4.69, 9.17) is 0 Å². The molecule has 0 spiro atoms. The second-order valence-electron chi connectivity index (χ2n) is 6.62. The van der Waals surface area contributed by atoms with E-state index in [2.05, 4.69) is 15.5 Å². The van der Waals surface area contributed by atoms with Gasteiger partial charge in [0.1, 0.15) is 0 Å². The number of rotatable bonds is 4. The fourth-order valence-electron chi connectivity index (χ4n) is 3.23. The van der Waals surface area contributed by atoms with Crippen molar-refractivity contribution in [1.29, 1.82) is 0 Å². The van der Waals surface area contributed by atoms with Crippen LogP contribution in [-0.4, -0.2) is 55.4 Å². The number of likely N-dealkylation sites (tertiary alicyclic amines) is 1. The lowest BCUT2D eigenvalue weighted by molar-refractivity contribution is -0.146. The first-order chi connectivity index (χ1) is 12.0. The fraction of sp³-hybridized carbons (Fsp3) is 0.529. The van der Waals surface area contributed by atoms with Gasteiger partial charge in [-0.2, -0.15) is 10.2 Å². The Morgan fingerprint density at radius 3 is 2.68 bits per heavy atom. The summed E-state index contributed by atoms with van der Waals surface area (Å²) in [4.78, 5) is 26.2. The van der Waals surface area contributed by atoms with Crippen LogP contribution < -0.4 is 5.32 Å². The monoisotopic (exact) mass is 344 g/mol. The van der Waals surface area contributed by atoms with Crippen molar-refractivity contribution in [3.63, 3.8) is 0 Å². The Labute approximate surface area is 146 Å². The molecule has 0 aromatic carbocycles. The number of carbonyl (C=O) groups excluding carboxylic acids is 2. The van der Waals surface area contributed by atoms with Crippen molar-refractivity contribution in [2.75, 3.05) is 13.1 Å². The van der Waals surface area contributed by atoms with Gasteiger partial charge in [-0.25, -0.2) is 0 Å². The maximum Gasteiger partial charge on any atom is 0.311 e. The third kappa shape index (κ3) is 4.26. The van der Waals surface area contributed by atoms with Crippen molar-refractivity contribution in [2.24, 2.45) is 7.05 Å². The highest BCUT2D eigenvalue weighted by molar-refractivity contribution is 6.35. The molecule has 3 rings (SSSR count). The first-order valence-electron chi connectivity index (χ1n) is 8.58. The number of hydrogen-bond acceptors (Lipinski definition) is 4. The van der Waals surface area contributed by atoms with E-state index >= 15 is 0 Å². The molecule has 1 aliphatic rings. The average Bonchev–Trinajstić information content (AvgIpc) is 3.26. The summed E-state index contributed by atoms with van der Waals surface area (Å²) in [6, 6.07) is 1.66. The van der Waals surface area contributed by atoms with Gasteiger partial charge in [0.05, 0.1) is 12.7 Å². The second-order valence-corrected chi connectivity index (χ2v) is 6.62. The predicted octanol–water partition coefficient (Wildman–Crippen LogP) is 0.528. The summed E-state index contributed by atoms with van der Waals surface area (Å²) in [6.45, 7) is 3.59. The molecule has 25 heavy (non-hydrogen) atoms. The summed E-state index contributed by atoms with van der Waals surface area (Å²) >= 11 is 0. The SMILES string of the molecule is CC(Cn1cccn1)NC(=O)C(=O)N1CCC(c2cnn(C)c2)CC1. The minimum Gasteiger partial charge on any atom is -0.344 e. The molecule has 1 N–H and O–H groups in total. The van der Waals surface area contributed by atoms with Crippen molar-refractivity contribution >= 4 is 11.8 Å². The highest BCUT2D eigenvalue weighted by Gasteiger charge is 2.28. The maximum atomic E-state index is 12.4. The van der Waals surface area contributed by atoms with E-state index < -0.39 is 11.8 Å². The summed E-state index contributed by atoms with van der Waals surface area (Å²) < 4.78 is 3.52. The fourth-order valence-corrected chi connectivity index (χ4v) is 3.23. The Hall–Kier alpha value is -2.64. The van der Waals surface area contributed by atoms with E-state index in [9.17, 15) is 9.59 Å². The molecular formula is C17H24N6O2. The van der Waals surface area contributed by atoms with Gasteiger partial charge < -0.3 is 10.2 Å². The zero-order valence-corrected chi connectivity index (χ0v) is 14.6. The number of nitrogens with one attached hydrogen (secondary N) is 1. The van der Waals surface area contributed by atoms with Crippen LogP contribution in [0.3, 0.4) is 0 Å². The first kappa shape index (κ1) is 17.2. The van der Waals surface area contributed by atoms with Crippen molar-refractivity contribution in [2.45, 2.75) is 38.3 Å². The summed E-state index contributed by atoms with van der Waals surface area (Å²) in [5.74, 6) is -0.587. The quantitative estimate of drug-likeness (QED) is 0.820. The molecule has 8 heteroatoms. The minimum atomic E-state index is -0.542. The summed E-state index contributed by atoms with van der Waals surface area (Å²) in [5, 5.41) is 11.1. The van der Waals surface area contributed by atoms with Crippen LogP contribution >= 0.6 is 0 Å². The van der Waals surface area contributed by atoms with E-state index in [-0.39, 0.29) is 6.04 Å². The predicted molar refractivity (Wildman–Crippen MR) is 91.6 cm³/mol. The molecule has 0 saturated carbocycles. The van der Waals surface area contributed by atoms with Gasteiger partial charge >= 0.3 is 11.8 Å². The number of aromatic nitrogens is 4. The zero-order valence-electron chi connectivity index (χ0n) is 14.6. The molecule has 1 fully saturated rings. The molecule has 8 nitrogen and oxygen atoms in total. The maximum absolute atomic E-state index is 12.4. The largest absolute Gasteiger partial charge is 0.344 e. The van der Waals surface area contributed by atoms with E-state index in [1.54, 1.807) is 20.5 Å². The first-order valence-corrected chi connectivity index (χ1v) is 8.58. The van der Waals surface area contributed by atoms with Crippen LogP contribution in [0.2, 0.25) is 0 Å². The van der Waals surface area contributed by atoms with E-state index in [1.165, 1.54) is 5.56 Å². The lowest BCUT2D eigenvalue weighted by Crippen LogP contribution is -2.48. The van der Waals surface area contributed by atoms with Crippen LogP contribution in [-0.2, 0) is 23.2 Å². The molecule has 0 bridgehead atoms. The summed E-state index contributed by atoms with van der Waals surface area (Å²) in [6.07, 6.45) is 9.12. The molecule has 1 saturated heterocycles. The number of carbonyl (C=O) groups is 2. The van der Waals surface area contributed by atoms with Gasteiger partial charge in [-0.3, -0.25) is 19.0 Å². The number of hydrogen-bond donors (Lipinski definition) is 1. The van der Waals surface area contributed by atoms with Crippen LogP contribution in [0, 0.1) is 0 Å². The second kappa shape index (κ2) is 7.50. The normalized spacial score (nSPS) is 16.6. The van der Waals surface area contributed by atoms with Crippen molar-refractivity contribution in [3.05, 3.63) is 36.4 Å². The summed E-state index contributed by atoms with van der Waals surface area (Å²) in [5.41, 5.74) is 1.20. The molecule has 0 aliphatic carbocycles. The Morgan fingerprint density at radius 1 is 1.32 bits per heavy atom. The average molecular weight is 344 g/mol. The molecular weight excluding hydrogens is 320 g/mol.